The largest absolute Gasteiger partial charge is 0.508 e. The molecule has 0 radical (unpaired) electrons. The normalized spacial score (nSPS) is 19.4. The zero-order valence-electron chi connectivity index (χ0n) is 28.6. The lowest BCUT2D eigenvalue weighted by Gasteiger charge is -2.18. The number of nitrogens with one attached hydrogen (secondary N) is 3. The molecule has 0 aliphatic carbocycles. The van der Waals surface area contributed by atoms with Gasteiger partial charge in [0, 0.05) is 6.54 Å². The Morgan fingerprint density at radius 3 is 2.11 bits per heavy atom. The van der Waals surface area contributed by atoms with Crippen LogP contribution in [0.2, 0.25) is 0 Å². The number of imidazole rings is 1. The van der Waals surface area contributed by atoms with Crippen molar-refractivity contribution in [1.82, 2.24) is 30.2 Å². The number of carbonyl (C=O) groups excluding carboxylic acids is 1. The fourth-order valence-electron chi connectivity index (χ4n) is 4.51. The fraction of sp³-hybridized carbons (Fsp3) is 0.440. The van der Waals surface area contributed by atoms with Crippen LogP contribution in [-0.4, -0.2) is 131 Å². The van der Waals surface area contributed by atoms with E-state index < -0.39 is 78.6 Å². The standard InChI is InChI=1S/C15H23N5O4.C10H14N5O7P.H4O7P2/c16-11(8-9-3-5-10(21)6-4-9)13(22)20-12(14(23)24)2-1-7-19-15(17)18;11-8-5-9(13-2-12-8)15(3-14-5)10-7(17)6(16)4(22-10)1-21-23(18,19)20;1-8(2,3)7-9(4,5)6/h3-6,11-12,21H,1-2,7-8,16H2,(H,20,22)(H,23,24)(H4,17,18,19);2-4,6-7,10,16-17H,1H2,(H2,11,12,13)(H2,18,19,20);(H2,1,2,3)(H2,4,5,6)/t11-,12-;4-,6-,7-,10-;/m01./s1. The highest BCUT2D eigenvalue weighted by molar-refractivity contribution is 7.60. The molecule has 1 aliphatic heterocycles. The Labute approximate surface area is 314 Å². The number of phenols is 1. The number of benzene rings is 1. The molecule has 1 amide bonds. The van der Waals surface area contributed by atoms with Crippen LogP contribution in [0.5, 0.6) is 5.75 Å². The second-order valence-corrected chi connectivity index (χ2v) is 15.2. The summed E-state index contributed by atoms with van der Waals surface area (Å²) < 4.78 is 44.0. The summed E-state index contributed by atoms with van der Waals surface area (Å²) in [7, 11) is -14.8. The van der Waals surface area contributed by atoms with Crippen LogP contribution < -0.4 is 27.8 Å². The predicted octanol–water partition coefficient (Wildman–Crippen LogP) is -3.58. The zero-order valence-corrected chi connectivity index (χ0v) is 31.2. The number of phosphoric acid groups is 3. The summed E-state index contributed by atoms with van der Waals surface area (Å²) in [5.41, 5.74) is 17.9. The molecule has 19 N–H and O–H groups in total. The summed E-state index contributed by atoms with van der Waals surface area (Å²) in [6, 6.07) is 4.31. The van der Waals surface area contributed by atoms with E-state index in [0.29, 0.717) is 18.5 Å². The number of aliphatic carboxylic acids is 1. The second kappa shape index (κ2) is 20.8. The van der Waals surface area contributed by atoms with Crippen LogP contribution in [-0.2, 0) is 43.3 Å². The van der Waals surface area contributed by atoms with Crippen LogP contribution in [0.1, 0.15) is 24.6 Å². The zero-order chi connectivity index (χ0) is 42.6. The molecular formula is C25H41N10O18P3. The Morgan fingerprint density at radius 1 is 0.982 bits per heavy atom. The van der Waals surface area contributed by atoms with Gasteiger partial charge in [-0.15, -0.1) is 0 Å². The molecule has 314 valence electrons. The SMILES string of the molecule is N=C(N)NCCC[C@H](NC(=O)[C@@H](N)Cc1ccc(O)cc1)C(=O)O.Nc1ncnc2c1ncn2[C@@H]1O[C@H](COP(=O)(O)O)[C@@H](O)[C@H]1O.O=P(O)(O)OP(=O)(O)O. The number of nitrogens with two attached hydrogens (primary N) is 3. The quantitative estimate of drug-likeness (QED) is 0.0304. The smallest absolute Gasteiger partial charge is 0.478 e. The monoisotopic (exact) mass is 862 g/mol. The molecule has 1 aliphatic rings. The number of rotatable bonds is 15. The number of fused-ring (bicyclic) bond motifs is 1. The van der Waals surface area contributed by atoms with Crippen molar-refractivity contribution in [1.29, 1.82) is 5.41 Å². The van der Waals surface area contributed by atoms with E-state index in [1.807, 2.05) is 0 Å². The Balaban J connectivity index is 0.000000319. The van der Waals surface area contributed by atoms with Crippen LogP contribution in [0.4, 0.5) is 5.82 Å². The molecule has 31 heteroatoms. The minimum absolute atomic E-state index is 0.113. The average Bonchev–Trinajstić information content (AvgIpc) is 3.61. The first-order valence-corrected chi connectivity index (χ1v) is 20.0. The van der Waals surface area contributed by atoms with E-state index in [0.717, 1.165) is 5.56 Å². The molecule has 3 aromatic rings. The maximum absolute atomic E-state index is 12.1. The molecule has 28 nitrogen and oxygen atoms in total. The lowest BCUT2D eigenvalue weighted by molar-refractivity contribution is -0.142. The van der Waals surface area contributed by atoms with Gasteiger partial charge in [0.2, 0.25) is 5.91 Å². The first kappa shape index (κ1) is 47.9. The van der Waals surface area contributed by atoms with Crippen LogP contribution >= 0.6 is 23.5 Å². The van der Waals surface area contributed by atoms with Crippen molar-refractivity contribution < 1.29 is 86.6 Å². The van der Waals surface area contributed by atoms with E-state index in [1.54, 1.807) is 12.1 Å². The molecule has 56 heavy (non-hydrogen) atoms. The number of nitrogens with zero attached hydrogens (tertiary/aromatic N) is 4. The Hall–Kier alpha value is -4.21. The van der Waals surface area contributed by atoms with Gasteiger partial charge in [0.25, 0.3) is 0 Å². The summed E-state index contributed by atoms with van der Waals surface area (Å²) in [6.45, 7) is -0.253. The summed E-state index contributed by atoms with van der Waals surface area (Å²) >= 11 is 0. The van der Waals surface area contributed by atoms with Crippen molar-refractivity contribution in [2.24, 2.45) is 11.5 Å². The van der Waals surface area contributed by atoms with Crippen molar-refractivity contribution in [2.45, 2.75) is 55.9 Å². The molecule has 1 aromatic carbocycles. The second-order valence-electron chi connectivity index (χ2n) is 11.3. The number of aliphatic hydroxyl groups excluding tert-OH is 2. The number of carboxylic acid groups (broad SMARTS) is 1. The van der Waals surface area contributed by atoms with Crippen molar-refractivity contribution in [3.63, 3.8) is 0 Å². The van der Waals surface area contributed by atoms with E-state index in [2.05, 4.69) is 34.4 Å². The number of hydrogen-bond acceptors (Lipinski definition) is 17. The van der Waals surface area contributed by atoms with Gasteiger partial charge in [-0.3, -0.25) is 19.3 Å². The van der Waals surface area contributed by atoms with E-state index in [4.69, 9.17) is 61.8 Å². The summed E-state index contributed by atoms with van der Waals surface area (Å²) in [5.74, 6) is -1.65. The Bertz CT molecular complexity index is 1900. The van der Waals surface area contributed by atoms with Crippen LogP contribution in [0.15, 0.2) is 36.9 Å². The van der Waals surface area contributed by atoms with E-state index in [-0.39, 0.29) is 36.0 Å². The summed E-state index contributed by atoms with van der Waals surface area (Å²) in [4.78, 5) is 83.5. The number of guanidine groups is 1. The predicted molar refractivity (Wildman–Crippen MR) is 187 cm³/mol. The number of carbonyl (C=O) groups is 2. The van der Waals surface area contributed by atoms with Crippen molar-refractivity contribution in [3.05, 3.63) is 42.5 Å². The maximum atomic E-state index is 12.1. The van der Waals surface area contributed by atoms with Gasteiger partial charge in [-0.05, 0) is 37.0 Å². The minimum atomic E-state index is -5.05. The number of phosphoric ester groups is 1. The number of aromatic hydroxyl groups is 1. The van der Waals surface area contributed by atoms with Crippen LogP contribution in [0.25, 0.3) is 11.2 Å². The molecule has 0 saturated carbocycles. The molecule has 2 aromatic heterocycles. The van der Waals surface area contributed by atoms with E-state index in [1.165, 1.54) is 29.4 Å². The number of phenolic OH excluding ortho intramolecular Hbond substituents is 1. The molecule has 3 heterocycles. The average molecular weight is 863 g/mol. The number of ether oxygens (including phenoxy) is 1. The van der Waals surface area contributed by atoms with Gasteiger partial charge in [-0.1, -0.05) is 12.1 Å². The van der Waals surface area contributed by atoms with Gasteiger partial charge in [-0.2, -0.15) is 4.31 Å². The highest BCUT2D eigenvalue weighted by Crippen LogP contribution is 2.53. The fourth-order valence-corrected chi connectivity index (χ4v) is 5.96. The van der Waals surface area contributed by atoms with Gasteiger partial charge in [0.1, 0.15) is 41.9 Å². The van der Waals surface area contributed by atoms with E-state index in [9.17, 15) is 38.6 Å². The number of aliphatic hydroxyl groups is 2. The molecule has 4 rings (SSSR count). The third-order valence-corrected chi connectivity index (χ3v) is 9.13. The molecule has 1 fully saturated rings. The molecular weight excluding hydrogens is 821 g/mol. The van der Waals surface area contributed by atoms with Gasteiger partial charge in [-0.25, -0.2) is 33.4 Å². The number of amides is 1. The van der Waals surface area contributed by atoms with Gasteiger partial charge in [0.15, 0.2) is 23.7 Å². The molecule has 0 unspecified atom stereocenters. The van der Waals surface area contributed by atoms with Crippen molar-refractivity contribution in [2.75, 3.05) is 18.9 Å². The highest BCUT2D eigenvalue weighted by Gasteiger charge is 2.45. The molecule has 0 bridgehead atoms. The Kier molecular flexibility index (Phi) is 17.8. The third-order valence-electron chi connectivity index (χ3n) is 6.95. The lowest BCUT2D eigenvalue weighted by atomic mass is 10.0. The summed E-state index contributed by atoms with van der Waals surface area (Å²) in [6.07, 6.45) is -1.65. The third kappa shape index (κ3) is 16.9. The topological polar surface area (TPSA) is 485 Å². The van der Waals surface area contributed by atoms with Gasteiger partial charge >= 0.3 is 29.4 Å². The lowest BCUT2D eigenvalue weighted by Crippen LogP contribution is -2.49. The molecule has 1 saturated heterocycles. The van der Waals surface area contributed by atoms with Crippen LogP contribution in [0, 0.1) is 5.41 Å². The number of hydrogen-bond donors (Lipinski definition) is 16. The maximum Gasteiger partial charge on any atom is 0.478 e. The first-order valence-electron chi connectivity index (χ1n) is 15.4. The van der Waals surface area contributed by atoms with Crippen molar-refractivity contribution >= 4 is 58.3 Å². The number of anilines is 1. The Morgan fingerprint density at radius 2 is 1.59 bits per heavy atom. The van der Waals surface area contributed by atoms with Crippen LogP contribution in [0.3, 0.4) is 0 Å². The minimum Gasteiger partial charge on any atom is -0.508 e. The van der Waals surface area contributed by atoms with E-state index >= 15 is 0 Å². The first-order chi connectivity index (χ1) is 25.8. The van der Waals surface area contributed by atoms with Gasteiger partial charge in [0.05, 0.1) is 19.0 Å². The van der Waals surface area contributed by atoms with Crippen molar-refractivity contribution in [3.8, 4) is 5.75 Å². The van der Waals surface area contributed by atoms with Gasteiger partial charge < -0.3 is 82.4 Å². The number of aromatic nitrogens is 4. The highest BCUT2D eigenvalue weighted by atomic mass is 31.3. The molecule has 6 atom stereocenters. The molecule has 0 spiro atoms. The summed E-state index contributed by atoms with van der Waals surface area (Å²) in [5, 5.41) is 50.4. The number of nitrogen functional groups attached to an aromatic ring is 1. The number of carboxylic acids is 1.